The molecule has 7 heteroatoms. The van der Waals surface area contributed by atoms with Gasteiger partial charge in [0, 0.05) is 17.1 Å². The van der Waals surface area contributed by atoms with Gasteiger partial charge in [0.25, 0.3) is 0 Å². The van der Waals surface area contributed by atoms with Crippen molar-refractivity contribution in [1.29, 1.82) is 0 Å². The number of hydrogen-bond acceptors (Lipinski definition) is 4. The molecule has 2 heterocycles. The van der Waals surface area contributed by atoms with Crippen LogP contribution in [0.4, 0.5) is 0 Å². The lowest BCUT2D eigenvalue weighted by Gasteiger charge is -2.19. The van der Waals surface area contributed by atoms with Crippen molar-refractivity contribution in [2.24, 2.45) is 0 Å². The minimum atomic E-state index is -4.04. The van der Waals surface area contributed by atoms with Crippen molar-refractivity contribution in [1.82, 2.24) is 9.97 Å². The van der Waals surface area contributed by atoms with E-state index >= 15 is 0 Å². The van der Waals surface area contributed by atoms with Crippen molar-refractivity contribution in [2.75, 3.05) is 0 Å². The third-order valence-electron chi connectivity index (χ3n) is 4.99. The number of carboxylic acid groups (broad SMARTS) is 1. The fraction of sp³-hybridized carbons (Fsp3) is 0.333. The standard InChI is InChI=1S/C21H24N2O4S/c1-20(2,3)14-8-9-22-17(12-14)18-11-13-10-15(6-7-16(13)23-18)28(26,27)21(4,5)19(24)25/h6-12,23H,1-5H3,(H,24,25). The van der Waals surface area contributed by atoms with Crippen molar-refractivity contribution in [3.8, 4) is 11.4 Å². The average Bonchev–Trinajstić information content (AvgIpc) is 3.04. The molecule has 28 heavy (non-hydrogen) atoms. The SMILES string of the molecule is CC(C)(C)c1ccnc(-c2cc3cc(S(=O)(=O)C(C)(C)C(=O)O)ccc3[nH]2)c1. The molecule has 0 spiro atoms. The van der Waals surface area contributed by atoms with Crippen LogP contribution in [0.15, 0.2) is 47.5 Å². The van der Waals surface area contributed by atoms with E-state index in [1.807, 2.05) is 18.2 Å². The first kappa shape index (κ1) is 20.1. The van der Waals surface area contributed by atoms with E-state index in [1.165, 1.54) is 26.0 Å². The van der Waals surface area contributed by atoms with E-state index in [0.29, 0.717) is 5.39 Å². The van der Waals surface area contributed by atoms with E-state index < -0.39 is 20.6 Å². The molecule has 0 bridgehead atoms. The third-order valence-corrected chi connectivity index (χ3v) is 7.38. The Kier molecular flexibility index (Phi) is 4.62. The summed E-state index contributed by atoms with van der Waals surface area (Å²) < 4.78 is 23.6. The van der Waals surface area contributed by atoms with Gasteiger partial charge in [-0.25, -0.2) is 8.42 Å². The zero-order chi connectivity index (χ0) is 20.9. The Morgan fingerprint density at radius 3 is 2.32 bits per heavy atom. The minimum Gasteiger partial charge on any atom is -0.480 e. The van der Waals surface area contributed by atoms with E-state index in [1.54, 1.807) is 12.3 Å². The van der Waals surface area contributed by atoms with E-state index in [2.05, 4.69) is 30.7 Å². The van der Waals surface area contributed by atoms with Gasteiger partial charge in [0.2, 0.25) is 0 Å². The highest BCUT2D eigenvalue weighted by molar-refractivity contribution is 7.93. The van der Waals surface area contributed by atoms with E-state index in [0.717, 1.165) is 22.5 Å². The fourth-order valence-corrected chi connectivity index (χ4v) is 4.22. The number of aliphatic carboxylic acids is 1. The van der Waals surface area contributed by atoms with Crippen LogP contribution in [-0.2, 0) is 20.0 Å². The number of aromatic nitrogens is 2. The van der Waals surface area contributed by atoms with Crippen LogP contribution in [0.5, 0.6) is 0 Å². The summed E-state index contributed by atoms with van der Waals surface area (Å²) in [5, 5.41) is 9.98. The molecule has 3 rings (SSSR count). The molecule has 0 aliphatic heterocycles. The Balaban J connectivity index is 2.09. The van der Waals surface area contributed by atoms with Gasteiger partial charge >= 0.3 is 5.97 Å². The predicted octanol–water partition coefficient (Wildman–Crippen LogP) is 4.16. The van der Waals surface area contributed by atoms with E-state index in [9.17, 15) is 18.3 Å². The number of aromatic amines is 1. The van der Waals surface area contributed by atoms with Crippen LogP contribution in [0.3, 0.4) is 0 Å². The smallest absolute Gasteiger partial charge is 0.324 e. The first-order chi connectivity index (χ1) is 12.8. The quantitative estimate of drug-likeness (QED) is 0.685. The molecule has 0 aliphatic rings. The summed E-state index contributed by atoms with van der Waals surface area (Å²) >= 11 is 0. The van der Waals surface area contributed by atoms with Crippen molar-refractivity contribution < 1.29 is 18.3 Å². The largest absolute Gasteiger partial charge is 0.480 e. The summed E-state index contributed by atoms with van der Waals surface area (Å²) in [6.07, 6.45) is 1.76. The molecule has 0 saturated heterocycles. The monoisotopic (exact) mass is 400 g/mol. The molecular formula is C21H24N2O4S. The van der Waals surface area contributed by atoms with Gasteiger partial charge in [-0.05, 0) is 61.2 Å². The van der Waals surface area contributed by atoms with Crippen LogP contribution in [-0.4, -0.2) is 34.2 Å². The Labute approximate surface area is 164 Å². The molecule has 2 aromatic heterocycles. The molecule has 1 aromatic carbocycles. The molecule has 0 radical (unpaired) electrons. The van der Waals surface area contributed by atoms with Crippen molar-refractivity contribution in [3.05, 3.63) is 48.2 Å². The third kappa shape index (κ3) is 3.30. The molecular weight excluding hydrogens is 376 g/mol. The van der Waals surface area contributed by atoms with Crippen LogP contribution >= 0.6 is 0 Å². The van der Waals surface area contributed by atoms with Gasteiger partial charge in [0.1, 0.15) is 0 Å². The zero-order valence-electron chi connectivity index (χ0n) is 16.6. The van der Waals surface area contributed by atoms with Gasteiger partial charge in [-0.3, -0.25) is 9.78 Å². The van der Waals surface area contributed by atoms with Gasteiger partial charge in [-0.2, -0.15) is 0 Å². The Hall–Kier alpha value is -2.67. The van der Waals surface area contributed by atoms with Gasteiger partial charge in [-0.15, -0.1) is 0 Å². The maximum absolute atomic E-state index is 12.8. The molecule has 0 atom stereocenters. The van der Waals surface area contributed by atoms with E-state index in [-0.39, 0.29) is 10.3 Å². The molecule has 0 saturated carbocycles. The lowest BCUT2D eigenvalue weighted by molar-refractivity contribution is -0.139. The van der Waals surface area contributed by atoms with Crippen LogP contribution in [0.25, 0.3) is 22.3 Å². The number of fused-ring (bicyclic) bond motifs is 1. The first-order valence-electron chi connectivity index (χ1n) is 8.92. The maximum Gasteiger partial charge on any atom is 0.324 e. The number of rotatable bonds is 4. The van der Waals surface area contributed by atoms with Crippen LogP contribution in [0.1, 0.15) is 40.2 Å². The normalized spacial score (nSPS) is 13.0. The molecule has 0 fully saturated rings. The van der Waals surface area contributed by atoms with Gasteiger partial charge in [-0.1, -0.05) is 20.8 Å². The second-order valence-corrected chi connectivity index (χ2v) is 10.9. The van der Waals surface area contributed by atoms with Gasteiger partial charge in [0.15, 0.2) is 14.6 Å². The maximum atomic E-state index is 12.8. The predicted molar refractivity (Wildman–Crippen MR) is 109 cm³/mol. The number of carbonyl (C=O) groups is 1. The molecule has 0 unspecified atom stereocenters. The van der Waals surface area contributed by atoms with Gasteiger partial charge < -0.3 is 10.1 Å². The summed E-state index contributed by atoms with van der Waals surface area (Å²) in [6.45, 7) is 8.76. The Morgan fingerprint density at radius 2 is 1.71 bits per heavy atom. The van der Waals surface area contributed by atoms with Crippen molar-refractivity contribution in [2.45, 2.75) is 49.7 Å². The molecule has 0 aliphatic carbocycles. The van der Waals surface area contributed by atoms with Crippen molar-refractivity contribution in [3.63, 3.8) is 0 Å². The number of nitrogens with zero attached hydrogens (tertiary/aromatic N) is 1. The number of H-pyrrole nitrogens is 1. The molecule has 0 amide bonds. The summed E-state index contributed by atoms with van der Waals surface area (Å²) in [7, 11) is -4.04. The lowest BCUT2D eigenvalue weighted by atomic mass is 9.87. The number of pyridine rings is 1. The summed E-state index contributed by atoms with van der Waals surface area (Å²) in [5.74, 6) is -1.38. The minimum absolute atomic E-state index is 0.0191. The highest BCUT2D eigenvalue weighted by Crippen LogP contribution is 2.31. The summed E-state index contributed by atoms with van der Waals surface area (Å²) in [4.78, 5) is 19.1. The summed E-state index contributed by atoms with van der Waals surface area (Å²) in [6, 6.07) is 10.4. The van der Waals surface area contributed by atoms with E-state index in [4.69, 9.17) is 0 Å². The average molecular weight is 401 g/mol. The number of hydrogen-bond donors (Lipinski definition) is 2. The number of nitrogens with one attached hydrogen (secondary N) is 1. The van der Waals surface area contributed by atoms with Crippen LogP contribution in [0, 0.1) is 0 Å². The molecule has 2 N–H and O–H groups in total. The zero-order valence-corrected chi connectivity index (χ0v) is 17.4. The highest BCUT2D eigenvalue weighted by atomic mass is 32.2. The van der Waals surface area contributed by atoms with Crippen LogP contribution < -0.4 is 0 Å². The second kappa shape index (κ2) is 6.44. The summed E-state index contributed by atoms with van der Waals surface area (Å²) in [5.41, 5.74) is 3.41. The molecule has 148 valence electrons. The van der Waals surface area contributed by atoms with Crippen LogP contribution in [0.2, 0.25) is 0 Å². The number of benzene rings is 1. The highest BCUT2D eigenvalue weighted by Gasteiger charge is 2.43. The second-order valence-electron chi connectivity index (χ2n) is 8.43. The molecule has 3 aromatic rings. The lowest BCUT2D eigenvalue weighted by Crippen LogP contribution is -2.40. The fourth-order valence-electron chi connectivity index (χ4n) is 2.87. The first-order valence-corrected chi connectivity index (χ1v) is 10.4. The van der Waals surface area contributed by atoms with Crippen molar-refractivity contribution >= 4 is 26.7 Å². The van der Waals surface area contributed by atoms with Gasteiger partial charge in [0.05, 0.1) is 16.3 Å². The number of carboxylic acids is 1. The Bertz CT molecular complexity index is 1170. The Morgan fingerprint density at radius 1 is 1.04 bits per heavy atom. The number of sulfone groups is 1. The molecule has 6 nitrogen and oxygen atoms in total. The topological polar surface area (TPSA) is 100 Å².